The number of benzene rings is 2. The van der Waals surface area contributed by atoms with Crippen molar-refractivity contribution in [1.29, 1.82) is 0 Å². The van der Waals surface area contributed by atoms with Crippen molar-refractivity contribution in [3.63, 3.8) is 0 Å². The van der Waals surface area contributed by atoms with E-state index in [2.05, 4.69) is 10.3 Å². The predicted octanol–water partition coefficient (Wildman–Crippen LogP) is 3.42. The Bertz CT molecular complexity index is 1200. The molecule has 3 rings (SSSR count). The first-order valence-electron chi connectivity index (χ1n) is 10.8. The lowest BCUT2D eigenvalue weighted by Crippen LogP contribution is -2.34. The van der Waals surface area contributed by atoms with Crippen LogP contribution < -0.4 is 5.32 Å². The van der Waals surface area contributed by atoms with Gasteiger partial charge in [-0.1, -0.05) is 35.9 Å². The number of halogens is 4. The molecule has 0 fully saturated rings. The van der Waals surface area contributed by atoms with Crippen LogP contribution in [0.5, 0.6) is 0 Å². The van der Waals surface area contributed by atoms with Crippen LogP contribution in [0.25, 0.3) is 0 Å². The highest BCUT2D eigenvalue weighted by Gasteiger charge is 2.33. The number of carbonyl (C=O) groups excluding carboxylic acids is 1. The van der Waals surface area contributed by atoms with Gasteiger partial charge in [-0.3, -0.25) is 9.79 Å². The number of rotatable bonds is 9. The third-order valence-corrected chi connectivity index (χ3v) is 7.99. The minimum Gasteiger partial charge on any atom is -0.368 e. The van der Waals surface area contributed by atoms with Crippen LogP contribution in [-0.4, -0.2) is 69.6 Å². The Morgan fingerprint density at radius 2 is 1.80 bits per heavy atom. The van der Waals surface area contributed by atoms with Crippen molar-refractivity contribution in [3.05, 3.63) is 64.2 Å². The maximum Gasteiger partial charge on any atom is 0.416 e. The summed E-state index contributed by atoms with van der Waals surface area (Å²) in [6, 6.07) is 9.96. The van der Waals surface area contributed by atoms with Crippen molar-refractivity contribution in [3.8, 4) is 0 Å². The Balaban J connectivity index is 1.52. The molecule has 1 N–H and O–H groups in total. The van der Waals surface area contributed by atoms with E-state index in [4.69, 9.17) is 11.6 Å². The maximum atomic E-state index is 12.8. The topological polar surface area (TPSA) is 82.1 Å². The van der Waals surface area contributed by atoms with E-state index in [1.54, 1.807) is 7.05 Å². The zero-order valence-corrected chi connectivity index (χ0v) is 20.8. The quantitative estimate of drug-likeness (QED) is 0.538. The average Bonchev–Trinajstić information content (AvgIpc) is 3.35. The van der Waals surface area contributed by atoms with Crippen LogP contribution in [0.2, 0.25) is 5.02 Å². The molecule has 0 spiro atoms. The molecule has 0 atom stereocenters. The zero-order valence-electron chi connectivity index (χ0n) is 19.3. The van der Waals surface area contributed by atoms with E-state index in [9.17, 15) is 26.4 Å². The van der Waals surface area contributed by atoms with Crippen molar-refractivity contribution < 1.29 is 26.4 Å². The van der Waals surface area contributed by atoms with Gasteiger partial charge >= 0.3 is 6.18 Å². The van der Waals surface area contributed by atoms with Gasteiger partial charge in [-0.15, -0.1) is 0 Å². The molecule has 0 aliphatic carbocycles. The number of amides is 1. The van der Waals surface area contributed by atoms with Crippen molar-refractivity contribution >= 4 is 33.4 Å². The number of hydrogen-bond donors (Lipinski definition) is 1. The Labute approximate surface area is 207 Å². The minimum atomic E-state index is -4.64. The number of aliphatic imine (C=N–C) groups is 1. The molecular weight excluding hydrogens is 505 g/mol. The number of nitrogens with one attached hydrogen (secondary N) is 1. The smallest absolute Gasteiger partial charge is 0.368 e. The molecule has 35 heavy (non-hydrogen) atoms. The van der Waals surface area contributed by atoms with Crippen LogP contribution in [0.3, 0.4) is 0 Å². The number of likely N-dealkylation sites (N-methyl/N-ethyl adjacent to an activating group) is 1. The molecule has 0 aromatic heterocycles. The maximum absolute atomic E-state index is 12.8. The van der Waals surface area contributed by atoms with Gasteiger partial charge in [0.2, 0.25) is 15.9 Å². The second-order valence-corrected chi connectivity index (χ2v) is 10.6. The van der Waals surface area contributed by atoms with Gasteiger partial charge in [0, 0.05) is 45.7 Å². The van der Waals surface area contributed by atoms with Gasteiger partial charge < -0.3 is 10.2 Å². The van der Waals surface area contributed by atoms with Gasteiger partial charge in [0.15, 0.2) is 0 Å². The molecule has 0 bridgehead atoms. The Morgan fingerprint density at radius 1 is 1.11 bits per heavy atom. The monoisotopic (exact) mass is 530 g/mol. The lowest BCUT2D eigenvalue weighted by Gasteiger charge is -2.21. The number of hydrogen-bond acceptors (Lipinski definition) is 5. The number of nitrogens with zero attached hydrogens (tertiary/aromatic N) is 3. The Hall–Kier alpha value is -2.63. The molecule has 2 aromatic rings. The van der Waals surface area contributed by atoms with E-state index in [0.29, 0.717) is 25.1 Å². The Morgan fingerprint density at radius 3 is 2.37 bits per heavy atom. The lowest BCUT2D eigenvalue weighted by atomic mass is 10.1. The van der Waals surface area contributed by atoms with Crippen LogP contribution in [0, 0.1) is 0 Å². The number of alkyl halides is 3. The van der Waals surface area contributed by atoms with Crippen molar-refractivity contribution in [2.75, 3.05) is 40.3 Å². The first-order chi connectivity index (χ1) is 16.4. The van der Waals surface area contributed by atoms with Crippen molar-refractivity contribution in [1.82, 2.24) is 14.5 Å². The molecule has 1 aliphatic rings. The zero-order chi connectivity index (χ0) is 25.8. The van der Waals surface area contributed by atoms with Crippen LogP contribution in [-0.2, 0) is 27.4 Å². The third-order valence-electron chi connectivity index (χ3n) is 5.65. The van der Waals surface area contributed by atoms with Crippen LogP contribution in [0.15, 0.2) is 52.4 Å². The van der Waals surface area contributed by atoms with E-state index < -0.39 is 31.7 Å². The molecule has 1 aliphatic heterocycles. The fourth-order valence-corrected chi connectivity index (χ4v) is 5.15. The number of sulfonamides is 1. The summed E-state index contributed by atoms with van der Waals surface area (Å²) in [7, 11) is -1.29. The summed E-state index contributed by atoms with van der Waals surface area (Å²) in [5, 5.41) is 2.68. The minimum absolute atomic E-state index is 0.0884. The molecule has 0 saturated carbocycles. The first kappa shape index (κ1) is 27.0. The number of amidine groups is 1. The lowest BCUT2D eigenvalue weighted by molar-refractivity contribution is -0.137. The summed E-state index contributed by atoms with van der Waals surface area (Å²) >= 11 is 5.83. The molecule has 1 heterocycles. The fourth-order valence-electron chi connectivity index (χ4n) is 3.46. The molecule has 0 saturated heterocycles. The van der Waals surface area contributed by atoms with Gasteiger partial charge in [-0.2, -0.15) is 13.2 Å². The highest BCUT2D eigenvalue weighted by atomic mass is 35.5. The van der Waals surface area contributed by atoms with Crippen molar-refractivity contribution in [2.24, 2.45) is 4.99 Å². The van der Waals surface area contributed by atoms with E-state index in [1.807, 2.05) is 24.3 Å². The SMILES string of the molecule is CN(CCc1ccc(C2=NCCN2)cc1)C(=O)CCN(C)S(=O)(=O)c1ccc(C(F)(F)F)cc1Cl. The molecule has 1 amide bonds. The fraction of sp³-hybridized carbons (Fsp3) is 0.391. The summed E-state index contributed by atoms with van der Waals surface area (Å²) in [5.74, 6) is 0.618. The summed E-state index contributed by atoms with van der Waals surface area (Å²) in [6.07, 6.45) is -4.11. The van der Waals surface area contributed by atoms with Gasteiger partial charge in [-0.05, 0) is 30.2 Å². The standard InChI is InChI=1S/C23H26ClF3N4O3S/c1-30(13-9-16-3-5-17(6-4-16)22-28-11-12-29-22)21(32)10-14-31(2)35(33,34)20-8-7-18(15-19(20)24)23(25,26)27/h3-8,15H,9-14H2,1-2H3,(H,28,29). The molecular formula is C23H26ClF3N4O3S. The average molecular weight is 531 g/mol. The second kappa shape index (κ2) is 11.0. The molecule has 0 radical (unpaired) electrons. The highest BCUT2D eigenvalue weighted by molar-refractivity contribution is 7.89. The van der Waals surface area contributed by atoms with Gasteiger partial charge in [0.1, 0.15) is 10.7 Å². The Kier molecular flexibility index (Phi) is 8.45. The normalized spacial score (nSPS) is 14.1. The molecule has 12 heteroatoms. The van der Waals surface area contributed by atoms with Crippen LogP contribution >= 0.6 is 11.6 Å². The first-order valence-corrected chi connectivity index (χ1v) is 12.7. The van der Waals surface area contributed by atoms with Crippen LogP contribution in [0.4, 0.5) is 13.2 Å². The molecule has 7 nitrogen and oxygen atoms in total. The second-order valence-electron chi connectivity index (χ2n) is 8.14. The van der Waals surface area contributed by atoms with E-state index in [-0.39, 0.29) is 18.9 Å². The predicted molar refractivity (Wildman–Crippen MR) is 128 cm³/mol. The molecule has 190 valence electrons. The molecule has 0 unspecified atom stereocenters. The largest absolute Gasteiger partial charge is 0.416 e. The third kappa shape index (κ3) is 6.74. The van der Waals surface area contributed by atoms with Gasteiger partial charge in [-0.25, -0.2) is 12.7 Å². The number of carbonyl (C=O) groups is 1. The summed E-state index contributed by atoms with van der Waals surface area (Å²) in [5.41, 5.74) is 1.01. The summed E-state index contributed by atoms with van der Waals surface area (Å²) in [4.78, 5) is 18.0. The van der Waals surface area contributed by atoms with Crippen molar-refractivity contribution in [2.45, 2.75) is 23.9 Å². The summed E-state index contributed by atoms with van der Waals surface area (Å²) < 4.78 is 64.9. The van der Waals surface area contributed by atoms with E-state index >= 15 is 0 Å². The van der Waals surface area contributed by atoms with Crippen LogP contribution in [0.1, 0.15) is 23.1 Å². The van der Waals surface area contributed by atoms with E-state index in [1.165, 1.54) is 11.9 Å². The highest BCUT2D eigenvalue weighted by Crippen LogP contribution is 2.34. The molecule has 2 aromatic carbocycles. The van der Waals surface area contributed by atoms with E-state index in [0.717, 1.165) is 40.4 Å². The van der Waals surface area contributed by atoms with Gasteiger partial charge in [0.05, 0.1) is 17.1 Å². The summed E-state index contributed by atoms with van der Waals surface area (Å²) in [6.45, 7) is 1.89. The van der Waals surface area contributed by atoms with Gasteiger partial charge in [0.25, 0.3) is 0 Å².